The molecule has 0 radical (unpaired) electrons. The summed E-state index contributed by atoms with van der Waals surface area (Å²) >= 11 is 0. The zero-order chi connectivity index (χ0) is 11.3. The second-order valence-corrected chi connectivity index (χ2v) is 5.19. The fraction of sp³-hybridized carbons (Fsp3) is 1.00. The summed E-state index contributed by atoms with van der Waals surface area (Å²) in [7, 11) is 0. The van der Waals surface area contributed by atoms with Gasteiger partial charge in [0.25, 0.3) is 0 Å². The van der Waals surface area contributed by atoms with Gasteiger partial charge >= 0.3 is 0 Å². The molecule has 0 aromatic carbocycles. The molecule has 0 spiro atoms. The first-order valence-electron chi connectivity index (χ1n) is 6.37. The molecule has 1 rings (SSSR count). The average molecular weight is 214 g/mol. The zero-order valence-corrected chi connectivity index (χ0v) is 10.7. The van der Waals surface area contributed by atoms with Gasteiger partial charge in [0.1, 0.15) is 0 Å². The molecular weight excluding hydrogens is 188 g/mol. The van der Waals surface area contributed by atoms with Crippen molar-refractivity contribution < 1.29 is 9.47 Å². The molecule has 0 aromatic heterocycles. The molecular formula is C13H26O2. The molecule has 2 atom stereocenters. The van der Waals surface area contributed by atoms with Crippen LogP contribution in [0.5, 0.6) is 0 Å². The van der Waals surface area contributed by atoms with Crippen LogP contribution in [0.1, 0.15) is 59.8 Å². The van der Waals surface area contributed by atoms with Crippen LogP contribution in [0.2, 0.25) is 0 Å². The maximum absolute atomic E-state index is 5.94. The zero-order valence-electron chi connectivity index (χ0n) is 10.7. The fourth-order valence-electron chi connectivity index (χ4n) is 2.07. The predicted molar refractivity (Wildman–Crippen MR) is 62.8 cm³/mol. The van der Waals surface area contributed by atoms with E-state index in [-0.39, 0.29) is 5.79 Å². The highest BCUT2D eigenvalue weighted by Gasteiger charge is 2.33. The van der Waals surface area contributed by atoms with Crippen molar-refractivity contribution in [3.05, 3.63) is 0 Å². The van der Waals surface area contributed by atoms with Crippen LogP contribution in [0, 0.1) is 5.92 Å². The first-order valence-corrected chi connectivity index (χ1v) is 6.37. The third kappa shape index (κ3) is 4.52. The van der Waals surface area contributed by atoms with E-state index in [2.05, 4.69) is 13.8 Å². The Morgan fingerprint density at radius 1 is 1.20 bits per heavy atom. The van der Waals surface area contributed by atoms with E-state index in [1.807, 2.05) is 13.8 Å². The summed E-state index contributed by atoms with van der Waals surface area (Å²) in [6.07, 6.45) is 6.86. The van der Waals surface area contributed by atoms with Crippen molar-refractivity contribution >= 4 is 0 Å². The molecule has 2 nitrogen and oxygen atoms in total. The van der Waals surface area contributed by atoms with Gasteiger partial charge < -0.3 is 9.47 Å². The normalized spacial score (nSPS) is 30.4. The highest BCUT2D eigenvalue weighted by molar-refractivity contribution is 4.74. The second-order valence-electron chi connectivity index (χ2n) is 5.19. The lowest BCUT2D eigenvalue weighted by atomic mass is 9.97. The van der Waals surface area contributed by atoms with E-state index in [0.29, 0.717) is 12.0 Å². The fourth-order valence-corrected chi connectivity index (χ4v) is 2.07. The summed E-state index contributed by atoms with van der Waals surface area (Å²) in [5.41, 5.74) is 0. The van der Waals surface area contributed by atoms with Gasteiger partial charge in [0, 0.05) is 5.92 Å². The molecule has 1 aliphatic rings. The van der Waals surface area contributed by atoms with E-state index in [1.54, 1.807) is 0 Å². The Labute approximate surface area is 94.3 Å². The Bertz CT molecular complexity index is 177. The van der Waals surface area contributed by atoms with Gasteiger partial charge in [-0.3, -0.25) is 0 Å². The molecule has 0 amide bonds. The molecule has 0 saturated carbocycles. The molecule has 1 saturated heterocycles. The van der Waals surface area contributed by atoms with E-state index in [4.69, 9.17) is 9.47 Å². The number of ether oxygens (including phenoxy) is 2. The molecule has 90 valence electrons. The Morgan fingerprint density at radius 2 is 1.93 bits per heavy atom. The van der Waals surface area contributed by atoms with Gasteiger partial charge in [-0.15, -0.1) is 0 Å². The molecule has 1 aliphatic heterocycles. The van der Waals surface area contributed by atoms with Crippen molar-refractivity contribution in [2.45, 2.75) is 71.7 Å². The van der Waals surface area contributed by atoms with Crippen molar-refractivity contribution in [2.75, 3.05) is 6.61 Å². The van der Waals surface area contributed by atoms with Gasteiger partial charge in [0.2, 0.25) is 0 Å². The topological polar surface area (TPSA) is 18.5 Å². The predicted octanol–water partition coefficient (Wildman–Crippen LogP) is 3.74. The lowest BCUT2D eigenvalue weighted by Gasteiger charge is -2.40. The lowest BCUT2D eigenvalue weighted by Crippen LogP contribution is -2.44. The summed E-state index contributed by atoms with van der Waals surface area (Å²) in [5, 5.41) is 0. The van der Waals surface area contributed by atoms with Crippen LogP contribution in [0.4, 0.5) is 0 Å². The van der Waals surface area contributed by atoms with E-state index >= 15 is 0 Å². The molecule has 0 aromatic rings. The SMILES string of the molecule is CCCCCC[C@H]1OC(C)(C)OC[C@@H]1C. The molecule has 0 N–H and O–H groups in total. The van der Waals surface area contributed by atoms with Crippen LogP contribution in [0.3, 0.4) is 0 Å². The third-order valence-corrected chi connectivity index (χ3v) is 3.11. The molecule has 0 unspecified atom stereocenters. The Kier molecular flexibility index (Phi) is 5.07. The van der Waals surface area contributed by atoms with Crippen LogP contribution in [0.25, 0.3) is 0 Å². The minimum atomic E-state index is -0.373. The maximum atomic E-state index is 5.94. The van der Waals surface area contributed by atoms with E-state index < -0.39 is 0 Å². The molecule has 0 aliphatic carbocycles. The summed E-state index contributed by atoms with van der Waals surface area (Å²) < 4.78 is 11.6. The van der Waals surface area contributed by atoms with E-state index in [9.17, 15) is 0 Å². The maximum Gasteiger partial charge on any atom is 0.163 e. The second kappa shape index (κ2) is 5.86. The van der Waals surface area contributed by atoms with Crippen LogP contribution >= 0.6 is 0 Å². The van der Waals surface area contributed by atoms with Gasteiger partial charge in [-0.05, 0) is 20.3 Å². The van der Waals surface area contributed by atoms with Gasteiger partial charge in [-0.25, -0.2) is 0 Å². The smallest absolute Gasteiger partial charge is 0.163 e. The lowest BCUT2D eigenvalue weighted by molar-refractivity contribution is -0.291. The Balaban J connectivity index is 2.25. The quantitative estimate of drug-likeness (QED) is 0.649. The molecule has 1 fully saturated rings. The van der Waals surface area contributed by atoms with Gasteiger partial charge in [-0.1, -0.05) is 39.5 Å². The minimum Gasteiger partial charge on any atom is -0.350 e. The Morgan fingerprint density at radius 3 is 2.60 bits per heavy atom. The summed E-state index contributed by atoms with van der Waals surface area (Å²) in [5.74, 6) is 0.168. The number of rotatable bonds is 5. The molecule has 15 heavy (non-hydrogen) atoms. The van der Waals surface area contributed by atoms with Crippen LogP contribution in [0.15, 0.2) is 0 Å². The van der Waals surface area contributed by atoms with Crippen LogP contribution in [-0.2, 0) is 9.47 Å². The number of hydrogen-bond acceptors (Lipinski definition) is 2. The molecule has 2 heteroatoms. The van der Waals surface area contributed by atoms with E-state index in [0.717, 1.165) is 6.61 Å². The average Bonchev–Trinajstić information content (AvgIpc) is 2.18. The largest absolute Gasteiger partial charge is 0.350 e. The van der Waals surface area contributed by atoms with Crippen molar-refractivity contribution in [2.24, 2.45) is 5.92 Å². The van der Waals surface area contributed by atoms with Gasteiger partial charge in [0.15, 0.2) is 5.79 Å². The van der Waals surface area contributed by atoms with Gasteiger partial charge in [-0.2, -0.15) is 0 Å². The first kappa shape index (κ1) is 13.0. The monoisotopic (exact) mass is 214 g/mol. The first-order chi connectivity index (χ1) is 7.05. The minimum absolute atomic E-state index is 0.373. The summed E-state index contributed by atoms with van der Waals surface area (Å²) in [4.78, 5) is 0. The van der Waals surface area contributed by atoms with Crippen molar-refractivity contribution in [3.63, 3.8) is 0 Å². The molecule has 1 heterocycles. The standard InChI is InChI=1S/C13H26O2/c1-5-6-7-8-9-12-11(2)10-14-13(3,4)15-12/h11-12H,5-10H2,1-4H3/t11-,12+/m0/s1. The Hall–Kier alpha value is -0.0800. The van der Waals surface area contributed by atoms with Crippen molar-refractivity contribution in [1.29, 1.82) is 0 Å². The van der Waals surface area contributed by atoms with Crippen LogP contribution in [-0.4, -0.2) is 18.5 Å². The van der Waals surface area contributed by atoms with E-state index in [1.165, 1.54) is 32.1 Å². The third-order valence-electron chi connectivity index (χ3n) is 3.11. The highest BCUT2D eigenvalue weighted by atomic mass is 16.7. The number of unbranched alkanes of at least 4 members (excludes halogenated alkanes) is 3. The summed E-state index contributed by atoms with van der Waals surface area (Å²) in [6, 6.07) is 0. The highest BCUT2D eigenvalue weighted by Crippen LogP contribution is 2.28. The molecule has 0 bridgehead atoms. The van der Waals surface area contributed by atoms with Crippen LogP contribution < -0.4 is 0 Å². The van der Waals surface area contributed by atoms with Crippen molar-refractivity contribution in [3.8, 4) is 0 Å². The van der Waals surface area contributed by atoms with Crippen molar-refractivity contribution in [1.82, 2.24) is 0 Å². The number of hydrogen-bond donors (Lipinski definition) is 0. The van der Waals surface area contributed by atoms with Gasteiger partial charge in [0.05, 0.1) is 12.7 Å². The summed E-state index contributed by atoms with van der Waals surface area (Å²) in [6.45, 7) is 9.33.